The van der Waals surface area contributed by atoms with E-state index in [9.17, 15) is 0 Å². The summed E-state index contributed by atoms with van der Waals surface area (Å²) >= 11 is 0. The zero-order valence-corrected chi connectivity index (χ0v) is 19.6. The predicted molar refractivity (Wildman–Crippen MR) is 136 cm³/mol. The Kier molecular flexibility index (Phi) is 4.95. The van der Waals surface area contributed by atoms with Gasteiger partial charge in [0, 0.05) is 61.6 Å². The van der Waals surface area contributed by atoms with Crippen molar-refractivity contribution in [1.29, 1.82) is 0 Å². The number of benzene rings is 2. The molecule has 172 valence electrons. The lowest BCUT2D eigenvalue weighted by molar-refractivity contribution is 0.122. The molecule has 1 aliphatic rings. The molecule has 8 nitrogen and oxygen atoms in total. The second kappa shape index (κ2) is 8.14. The number of nitrogens with one attached hydrogen (secondary N) is 1. The van der Waals surface area contributed by atoms with Gasteiger partial charge in [0.2, 0.25) is 5.95 Å². The van der Waals surface area contributed by atoms with E-state index in [2.05, 4.69) is 75.6 Å². The highest BCUT2D eigenvalue weighted by Crippen LogP contribution is 2.29. The van der Waals surface area contributed by atoms with Gasteiger partial charge in [0.25, 0.3) is 0 Å². The van der Waals surface area contributed by atoms with Crippen molar-refractivity contribution in [2.75, 3.05) is 36.5 Å². The molecule has 4 heterocycles. The quantitative estimate of drug-likeness (QED) is 0.435. The first-order chi connectivity index (χ1) is 16.5. The number of morpholine rings is 1. The highest BCUT2D eigenvalue weighted by Gasteiger charge is 2.17. The summed E-state index contributed by atoms with van der Waals surface area (Å²) in [4.78, 5) is 12.0. The first kappa shape index (κ1) is 20.7. The van der Waals surface area contributed by atoms with E-state index < -0.39 is 0 Å². The van der Waals surface area contributed by atoms with Crippen LogP contribution in [0.25, 0.3) is 33.1 Å². The van der Waals surface area contributed by atoms with Crippen LogP contribution < -0.4 is 10.2 Å². The van der Waals surface area contributed by atoms with Crippen molar-refractivity contribution in [1.82, 2.24) is 24.3 Å². The Morgan fingerprint density at radius 1 is 0.912 bits per heavy atom. The van der Waals surface area contributed by atoms with Crippen LogP contribution in [0, 0.1) is 6.92 Å². The van der Waals surface area contributed by atoms with Crippen LogP contribution in [0.2, 0.25) is 0 Å². The molecule has 1 saturated heterocycles. The van der Waals surface area contributed by atoms with Crippen LogP contribution in [0.3, 0.4) is 0 Å². The lowest BCUT2D eigenvalue weighted by atomic mass is 10.1. The number of anilines is 3. The molecule has 0 saturated carbocycles. The highest BCUT2D eigenvalue weighted by atomic mass is 16.5. The zero-order valence-electron chi connectivity index (χ0n) is 19.6. The average molecular weight is 454 g/mol. The average Bonchev–Trinajstić information content (AvgIpc) is 3.37. The third-order valence-corrected chi connectivity index (χ3v) is 6.50. The molecule has 0 spiro atoms. The van der Waals surface area contributed by atoms with Gasteiger partial charge in [-0.3, -0.25) is 4.68 Å². The lowest BCUT2D eigenvalue weighted by Crippen LogP contribution is -2.37. The van der Waals surface area contributed by atoms with E-state index in [1.165, 1.54) is 10.9 Å². The van der Waals surface area contributed by atoms with Crippen molar-refractivity contribution in [3.05, 3.63) is 60.4 Å². The number of hydrogen-bond donors (Lipinski definition) is 1. The molecule has 3 aromatic heterocycles. The van der Waals surface area contributed by atoms with E-state index in [0.717, 1.165) is 52.4 Å². The summed E-state index contributed by atoms with van der Waals surface area (Å²) in [6, 6.07) is 16.9. The van der Waals surface area contributed by atoms with E-state index in [1.54, 1.807) is 0 Å². The number of rotatable bonds is 4. The van der Waals surface area contributed by atoms with Crippen molar-refractivity contribution >= 4 is 39.3 Å². The largest absolute Gasteiger partial charge is 0.378 e. The number of ether oxygens (including phenoxy) is 1. The maximum absolute atomic E-state index is 5.55. The van der Waals surface area contributed by atoms with Crippen LogP contribution in [-0.2, 0) is 18.8 Å². The third kappa shape index (κ3) is 3.66. The predicted octanol–water partition coefficient (Wildman–Crippen LogP) is 4.41. The van der Waals surface area contributed by atoms with Crippen molar-refractivity contribution in [3.8, 4) is 11.3 Å². The van der Waals surface area contributed by atoms with Gasteiger partial charge in [0.05, 0.1) is 30.1 Å². The topological polar surface area (TPSA) is 73.0 Å². The van der Waals surface area contributed by atoms with Gasteiger partial charge in [0.1, 0.15) is 5.82 Å². The van der Waals surface area contributed by atoms with E-state index in [-0.39, 0.29) is 0 Å². The number of nitrogens with zero attached hydrogens (tertiary/aromatic N) is 6. The molecule has 0 atom stereocenters. The fourth-order valence-corrected chi connectivity index (χ4v) is 4.64. The molecule has 1 fully saturated rings. The van der Waals surface area contributed by atoms with Crippen LogP contribution in [0.5, 0.6) is 0 Å². The number of aryl methyl sites for hydroxylation is 3. The molecule has 2 aromatic carbocycles. The summed E-state index contributed by atoms with van der Waals surface area (Å²) in [5.41, 5.74) is 6.19. The Bertz CT molecular complexity index is 1510. The van der Waals surface area contributed by atoms with Gasteiger partial charge in [-0.05, 0) is 36.6 Å². The second-order valence-electron chi connectivity index (χ2n) is 8.80. The normalized spacial score (nSPS) is 14.3. The van der Waals surface area contributed by atoms with Gasteiger partial charge in [-0.15, -0.1) is 0 Å². The number of aromatic nitrogens is 5. The molecule has 1 N–H and O–H groups in total. The van der Waals surface area contributed by atoms with Gasteiger partial charge < -0.3 is 19.5 Å². The fourth-order valence-electron chi connectivity index (χ4n) is 4.64. The van der Waals surface area contributed by atoms with Crippen LogP contribution in [-0.4, -0.2) is 50.6 Å². The minimum absolute atomic E-state index is 0.681. The van der Waals surface area contributed by atoms with Gasteiger partial charge in [-0.2, -0.15) is 10.1 Å². The van der Waals surface area contributed by atoms with Gasteiger partial charge in [-0.25, -0.2) is 4.98 Å². The van der Waals surface area contributed by atoms with Gasteiger partial charge >= 0.3 is 0 Å². The number of hydrogen-bond acceptors (Lipinski definition) is 6. The van der Waals surface area contributed by atoms with Crippen LogP contribution in [0.1, 0.15) is 5.69 Å². The van der Waals surface area contributed by atoms with Crippen molar-refractivity contribution in [2.24, 2.45) is 14.1 Å². The molecular weight excluding hydrogens is 426 g/mol. The van der Waals surface area contributed by atoms with Crippen molar-refractivity contribution in [2.45, 2.75) is 6.92 Å². The molecule has 8 heteroatoms. The van der Waals surface area contributed by atoms with E-state index in [1.807, 2.05) is 24.7 Å². The second-order valence-corrected chi connectivity index (χ2v) is 8.80. The monoisotopic (exact) mass is 453 g/mol. The minimum Gasteiger partial charge on any atom is -0.378 e. The summed E-state index contributed by atoms with van der Waals surface area (Å²) in [5, 5.41) is 10.4. The van der Waals surface area contributed by atoms with Crippen LogP contribution in [0.15, 0.2) is 54.7 Å². The molecule has 0 bridgehead atoms. The summed E-state index contributed by atoms with van der Waals surface area (Å²) in [7, 11) is 4.03. The Morgan fingerprint density at radius 2 is 1.76 bits per heavy atom. The molecule has 0 amide bonds. The lowest BCUT2D eigenvalue weighted by Gasteiger charge is -2.27. The minimum atomic E-state index is 0.681. The van der Waals surface area contributed by atoms with Crippen LogP contribution in [0.4, 0.5) is 17.5 Å². The Labute approximate surface area is 197 Å². The summed E-state index contributed by atoms with van der Waals surface area (Å²) in [6.45, 7) is 4.95. The van der Waals surface area contributed by atoms with Gasteiger partial charge in [-0.1, -0.05) is 18.2 Å². The zero-order chi connectivity index (χ0) is 23.2. The van der Waals surface area contributed by atoms with Crippen molar-refractivity contribution in [3.63, 3.8) is 0 Å². The first-order valence-corrected chi connectivity index (χ1v) is 11.5. The summed E-state index contributed by atoms with van der Waals surface area (Å²) in [6.07, 6.45) is 2.07. The maximum Gasteiger partial charge on any atom is 0.228 e. The van der Waals surface area contributed by atoms with E-state index in [0.29, 0.717) is 19.2 Å². The fraction of sp³-hybridized carbons (Fsp3) is 0.269. The molecule has 0 aliphatic carbocycles. The standard InChI is InChI=1S/C26H27N7O/c1-17-21-7-5-19(14-24(21)32(3)30-17)22-16-25(29-26(28-22)33-10-12-34-13-11-33)27-20-6-4-18-8-9-31(2)23(18)15-20/h4-9,14-16H,10-13H2,1-3H3,(H,27,28,29). The summed E-state index contributed by atoms with van der Waals surface area (Å²) in [5.74, 6) is 1.48. The molecule has 6 rings (SSSR count). The molecule has 34 heavy (non-hydrogen) atoms. The molecule has 1 aliphatic heterocycles. The maximum atomic E-state index is 5.55. The molecule has 0 radical (unpaired) electrons. The molecule has 5 aromatic rings. The Balaban J connectivity index is 1.43. The van der Waals surface area contributed by atoms with Gasteiger partial charge in [0.15, 0.2) is 0 Å². The smallest absolute Gasteiger partial charge is 0.228 e. The third-order valence-electron chi connectivity index (χ3n) is 6.50. The van der Waals surface area contributed by atoms with E-state index in [4.69, 9.17) is 14.7 Å². The Morgan fingerprint density at radius 3 is 2.62 bits per heavy atom. The van der Waals surface area contributed by atoms with Crippen LogP contribution >= 0.6 is 0 Å². The number of fused-ring (bicyclic) bond motifs is 2. The van der Waals surface area contributed by atoms with Crippen molar-refractivity contribution < 1.29 is 4.74 Å². The molecular formula is C26H27N7O. The Hall–Kier alpha value is -3.91. The highest BCUT2D eigenvalue weighted by molar-refractivity contribution is 5.87. The van der Waals surface area contributed by atoms with E-state index >= 15 is 0 Å². The molecule has 0 unspecified atom stereocenters. The summed E-state index contributed by atoms with van der Waals surface area (Å²) < 4.78 is 9.59. The SMILES string of the molecule is Cc1nn(C)c2cc(-c3cc(Nc4ccc5ccn(C)c5c4)nc(N4CCOCC4)n3)ccc12. The first-order valence-electron chi connectivity index (χ1n) is 11.5.